The number of hydrogen-bond donors (Lipinski definition) is 0. The Kier molecular flexibility index (Phi) is 4.96. The third kappa shape index (κ3) is 3.10. The zero-order valence-electron chi connectivity index (χ0n) is 25.8. The van der Waals surface area contributed by atoms with E-state index in [0.717, 1.165) is 38.9 Å². The van der Waals surface area contributed by atoms with Crippen LogP contribution in [-0.4, -0.2) is 20.5 Å². The summed E-state index contributed by atoms with van der Waals surface area (Å²) < 4.78 is 7.32. The summed E-state index contributed by atoms with van der Waals surface area (Å²) in [4.78, 5) is 0. The number of hydrogen-bond acceptors (Lipinski definition) is 1. The van der Waals surface area contributed by atoms with E-state index in [9.17, 15) is 5.26 Å². The Morgan fingerprint density at radius 2 is 1.06 bits per heavy atom. The van der Waals surface area contributed by atoms with Gasteiger partial charge in [-0.3, -0.25) is 0 Å². The highest BCUT2D eigenvalue weighted by Crippen LogP contribution is 2.42. The number of rotatable bonds is 2. The van der Waals surface area contributed by atoms with Gasteiger partial charge >= 0.3 is 6.85 Å². The Morgan fingerprint density at radius 1 is 0.458 bits per heavy atom. The van der Waals surface area contributed by atoms with Crippen molar-refractivity contribution in [3.63, 3.8) is 0 Å². The van der Waals surface area contributed by atoms with Gasteiger partial charge in [-0.1, -0.05) is 103 Å². The first-order valence-electron chi connectivity index (χ1n) is 16.4. The van der Waals surface area contributed by atoms with Crippen LogP contribution in [0.1, 0.15) is 5.56 Å². The van der Waals surface area contributed by atoms with Gasteiger partial charge in [-0.2, -0.15) is 5.26 Å². The van der Waals surface area contributed by atoms with Gasteiger partial charge < -0.3 is 13.6 Å². The molecule has 0 spiro atoms. The SMILES string of the molecule is N#Cc1ccc2c3ccccc3n3c2c1B(n1c2ccccc2c2ccc4c(c5ccccc5n4-c4ccccc4)c21)c1ccccc1-3. The fraction of sp³-hybridized carbons (Fsp3) is 0. The third-order valence-electron chi connectivity index (χ3n) is 10.5. The standard InChI is InChI=1S/C43H25BN4/c45-26-27-22-23-32-29-14-4-8-18-35(29)47-38-21-11-7-17-34(38)44(41(27)43(32)47)48-37-20-10-5-15-30(37)31-24-25-39-40(42(31)48)33-16-6-9-19-36(33)46(39)28-12-2-1-3-13-28/h1-25H. The first-order chi connectivity index (χ1) is 23.8. The first kappa shape index (κ1) is 25.7. The second kappa shape index (κ2) is 9.28. The van der Waals surface area contributed by atoms with Crippen LogP contribution in [0.5, 0.6) is 0 Å². The smallest absolute Gasteiger partial charge is 0.333 e. The van der Waals surface area contributed by atoms with Gasteiger partial charge in [0.2, 0.25) is 0 Å². The minimum atomic E-state index is -0.233. The Labute approximate surface area is 276 Å². The molecular weight excluding hydrogens is 583 g/mol. The van der Waals surface area contributed by atoms with E-state index in [-0.39, 0.29) is 6.85 Å². The van der Waals surface area contributed by atoms with Crippen LogP contribution >= 0.6 is 0 Å². The molecule has 11 rings (SSSR count). The van der Waals surface area contributed by atoms with Crippen LogP contribution in [0.25, 0.3) is 76.8 Å². The molecule has 220 valence electrons. The van der Waals surface area contributed by atoms with E-state index in [2.05, 4.69) is 165 Å². The van der Waals surface area contributed by atoms with E-state index in [1.807, 2.05) is 6.07 Å². The second-order valence-electron chi connectivity index (χ2n) is 12.8. The van der Waals surface area contributed by atoms with E-state index in [0.29, 0.717) is 5.56 Å². The number of fused-ring (bicyclic) bond motifs is 12. The molecule has 0 unspecified atom stereocenters. The number of aromatic nitrogens is 3. The fourth-order valence-electron chi connectivity index (χ4n) is 8.72. The quantitative estimate of drug-likeness (QED) is 0.181. The van der Waals surface area contributed by atoms with Gasteiger partial charge in [0.15, 0.2) is 0 Å². The van der Waals surface area contributed by atoms with Gasteiger partial charge in [0.05, 0.1) is 33.7 Å². The minimum Gasteiger partial charge on any atom is -0.375 e. The molecule has 0 aliphatic carbocycles. The van der Waals surface area contributed by atoms with Crippen LogP contribution in [0.2, 0.25) is 0 Å². The largest absolute Gasteiger partial charge is 0.375 e. The van der Waals surface area contributed by atoms with E-state index in [1.54, 1.807) is 0 Å². The summed E-state index contributed by atoms with van der Waals surface area (Å²) in [6.07, 6.45) is 0. The maximum Gasteiger partial charge on any atom is 0.333 e. The highest BCUT2D eigenvalue weighted by atomic mass is 15.0. The van der Waals surface area contributed by atoms with Gasteiger partial charge in [0.1, 0.15) is 0 Å². The molecule has 7 aromatic carbocycles. The maximum atomic E-state index is 10.8. The van der Waals surface area contributed by atoms with Crippen LogP contribution in [0.15, 0.2) is 152 Å². The maximum absolute atomic E-state index is 10.8. The van der Waals surface area contributed by atoms with Gasteiger partial charge in [0, 0.05) is 54.7 Å². The molecule has 3 aromatic heterocycles. The molecule has 0 radical (unpaired) electrons. The summed E-state index contributed by atoms with van der Waals surface area (Å²) in [6.45, 7) is -0.233. The topological polar surface area (TPSA) is 38.6 Å². The summed E-state index contributed by atoms with van der Waals surface area (Å²) >= 11 is 0. The third-order valence-corrected chi connectivity index (χ3v) is 10.5. The number of benzene rings is 7. The van der Waals surface area contributed by atoms with Crippen molar-refractivity contribution < 1.29 is 0 Å². The molecule has 0 saturated carbocycles. The lowest BCUT2D eigenvalue weighted by Gasteiger charge is -2.29. The van der Waals surface area contributed by atoms with E-state index in [1.165, 1.54) is 48.8 Å². The lowest BCUT2D eigenvalue weighted by Crippen LogP contribution is -2.54. The summed E-state index contributed by atoms with van der Waals surface area (Å²) in [5.74, 6) is 0. The average Bonchev–Trinajstić information content (AvgIpc) is 3.79. The van der Waals surface area contributed by atoms with Crippen molar-refractivity contribution in [1.29, 1.82) is 5.26 Å². The van der Waals surface area contributed by atoms with Gasteiger partial charge in [-0.05, 0) is 59.5 Å². The lowest BCUT2D eigenvalue weighted by atomic mass is 9.47. The second-order valence-corrected chi connectivity index (χ2v) is 12.8. The molecular formula is C43H25BN4. The van der Waals surface area contributed by atoms with E-state index >= 15 is 0 Å². The number of nitrogens with zero attached hydrogens (tertiary/aromatic N) is 4. The molecule has 0 fully saturated rings. The Balaban J connectivity index is 1.39. The molecule has 1 aliphatic heterocycles. The molecule has 0 amide bonds. The average molecular weight is 609 g/mol. The highest BCUT2D eigenvalue weighted by Gasteiger charge is 2.38. The Bertz CT molecular complexity index is 3030. The normalized spacial score (nSPS) is 12.5. The van der Waals surface area contributed by atoms with Crippen LogP contribution in [0, 0.1) is 11.3 Å². The predicted molar refractivity (Wildman–Crippen MR) is 200 cm³/mol. The summed E-state index contributed by atoms with van der Waals surface area (Å²) in [6, 6.07) is 56.9. The lowest BCUT2D eigenvalue weighted by molar-refractivity contribution is 1.18. The van der Waals surface area contributed by atoms with Crippen LogP contribution in [0.4, 0.5) is 0 Å². The molecule has 4 heterocycles. The fourth-order valence-corrected chi connectivity index (χ4v) is 8.72. The zero-order valence-corrected chi connectivity index (χ0v) is 25.8. The molecule has 0 N–H and O–H groups in total. The Morgan fingerprint density at radius 3 is 1.85 bits per heavy atom. The minimum absolute atomic E-state index is 0.233. The van der Waals surface area contributed by atoms with E-state index in [4.69, 9.17) is 0 Å². The molecule has 10 aromatic rings. The predicted octanol–water partition coefficient (Wildman–Crippen LogP) is 8.83. The number of para-hydroxylation sites is 5. The number of nitriles is 1. The van der Waals surface area contributed by atoms with Crippen LogP contribution < -0.4 is 10.9 Å². The molecule has 1 aliphatic rings. The molecule has 0 atom stereocenters. The van der Waals surface area contributed by atoms with Gasteiger partial charge in [-0.15, -0.1) is 0 Å². The van der Waals surface area contributed by atoms with Crippen LogP contribution in [0.3, 0.4) is 0 Å². The molecule has 48 heavy (non-hydrogen) atoms. The summed E-state index contributed by atoms with van der Waals surface area (Å²) in [7, 11) is 0. The monoisotopic (exact) mass is 608 g/mol. The van der Waals surface area contributed by atoms with Crippen molar-refractivity contribution in [1.82, 2.24) is 13.6 Å². The van der Waals surface area contributed by atoms with Crippen molar-refractivity contribution in [2.24, 2.45) is 0 Å². The highest BCUT2D eigenvalue weighted by molar-refractivity contribution is 6.89. The van der Waals surface area contributed by atoms with E-state index < -0.39 is 0 Å². The summed E-state index contributed by atoms with van der Waals surface area (Å²) in [5.41, 5.74) is 12.2. The zero-order chi connectivity index (χ0) is 31.5. The van der Waals surface area contributed by atoms with Crippen molar-refractivity contribution in [2.45, 2.75) is 0 Å². The molecule has 0 saturated heterocycles. The Hall–Kier alpha value is -6.51. The van der Waals surface area contributed by atoms with Crippen LogP contribution in [-0.2, 0) is 0 Å². The molecule has 4 nitrogen and oxygen atoms in total. The van der Waals surface area contributed by atoms with Crippen molar-refractivity contribution in [3.05, 3.63) is 157 Å². The van der Waals surface area contributed by atoms with Crippen molar-refractivity contribution in [3.8, 4) is 17.4 Å². The van der Waals surface area contributed by atoms with Crippen molar-refractivity contribution >= 4 is 83.2 Å². The molecule has 0 bridgehead atoms. The van der Waals surface area contributed by atoms with Gasteiger partial charge in [0.25, 0.3) is 0 Å². The van der Waals surface area contributed by atoms with Gasteiger partial charge in [-0.25, -0.2) is 0 Å². The summed E-state index contributed by atoms with van der Waals surface area (Å²) in [5, 5.41) is 18.0. The molecule has 5 heteroatoms. The first-order valence-corrected chi connectivity index (χ1v) is 16.4. The van der Waals surface area contributed by atoms with Crippen molar-refractivity contribution in [2.75, 3.05) is 0 Å².